The van der Waals surface area contributed by atoms with Gasteiger partial charge in [0, 0.05) is 24.0 Å². The van der Waals surface area contributed by atoms with Gasteiger partial charge in [-0.05, 0) is 67.7 Å². The topological polar surface area (TPSA) is 89.6 Å². The molecule has 0 radical (unpaired) electrons. The van der Waals surface area contributed by atoms with Crippen molar-refractivity contribution in [3.63, 3.8) is 0 Å². The lowest BCUT2D eigenvalue weighted by molar-refractivity contribution is -0.123. The lowest BCUT2D eigenvalue weighted by Crippen LogP contribution is -2.30. The molecule has 0 unspecified atom stereocenters. The first kappa shape index (κ1) is 24.5. The lowest BCUT2D eigenvalue weighted by Gasteiger charge is -2.08. The average Bonchev–Trinajstić information content (AvgIpc) is 3.58. The molecule has 0 saturated heterocycles. The molecule has 8 heteroatoms. The third kappa shape index (κ3) is 8.57. The SMILES string of the molecule is Cc1nc(COc2ccc(/C=C/C(=O)NCCc3ccc(OCC(=O)NC4CC4)cc3)cc2)cs1. The van der Waals surface area contributed by atoms with Crippen molar-refractivity contribution in [2.45, 2.75) is 38.8 Å². The molecule has 2 amide bonds. The molecule has 1 heterocycles. The molecule has 1 saturated carbocycles. The van der Waals surface area contributed by atoms with E-state index < -0.39 is 0 Å². The number of rotatable bonds is 12. The minimum atomic E-state index is -0.147. The van der Waals surface area contributed by atoms with E-state index in [1.54, 1.807) is 17.4 Å². The summed E-state index contributed by atoms with van der Waals surface area (Å²) in [6, 6.07) is 15.5. The van der Waals surface area contributed by atoms with E-state index in [1.165, 1.54) is 6.08 Å². The van der Waals surface area contributed by atoms with Gasteiger partial charge in [0.1, 0.15) is 18.1 Å². The molecule has 7 nitrogen and oxygen atoms in total. The number of hydrogen-bond donors (Lipinski definition) is 2. The molecular weight excluding hydrogens is 462 g/mol. The standard InChI is InChI=1S/C27H29N3O4S/c1-19-29-23(18-35-19)16-33-24-9-2-20(3-10-24)6-13-26(31)28-15-14-21-4-11-25(12-5-21)34-17-27(32)30-22-7-8-22/h2-6,9-13,18,22H,7-8,14-17H2,1H3,(H,28,31)(H,30,32)/b13-6+. The van der Waals surface area contributed by atoms with E-state index in [0.29, 0.717) is 31.4 Å². The van der Waals surface area contributed by atoms with Crippen molar-refractivity contribution in [1.82, 2.24) is 15.6 Å². The van der Waals surface area contributed by atoms with Crippen molar-refractivity contribution in [3.8, 4) is 11.5 Å². The molecule has 0 bridgehead atoms. The molecule has 2 aromatic carbocycles. The number of ether oxygens (including phenoxy) is 2. The number of carbonyl (C=O) groups excluding carboxylic acids is 2. The van der Waals surface area contributed by atoms with Crippen LogP contribution in [0.5, 0.6) is 11.5 Å². The zero-order valence-corrected chi connectivity index (χ0v) is 20.5. The Balaban J connectivity index is 1.13. The van der Waals surface area contributed by atoms with Crippen molar-refractivity contribution in [3.05, 3.63) is 81.8 Å². The second-order valence-electron chi connectivity index (χ2n) is 8.36. The van der Waals surface area contributed by atoms with E-state index in [9.17, 15) is 9.59 Å². The first-order valence-corrected chi connectivity index (χ1v) is 12.5. The minimum Gasteiger partial charge on any atom is -0.487 e. The summed E-state index contributed by atoms with van der Waals surface area (Å²) in [4.78, 5) is 28.2. The highest BCUT2D eigenvalue weighted by atomic mass is 32.1. The number of carbonyl (C=O) groups is 2. The van der Waals surface area contributed by atoms with Gasteiger partial charge in [-0.2, -0.15) is 0 Å². The zero-order valence-electron chi connectivity index (χ0n) is 19.7. The van der Waals surface area contributed by atoms with E-state index in [2.05, 4.69) is 15.6 Å². The van der Waals surface area contributed by atoms with Gasteiger partial charge >= 0.3 is 0 Å². The van der Waals surface area contributed by atoms with Crippen molar-refractivity contribution in [1.29, 1.82) is 0 Å². The molecule has 1 aliphatic carbocycles. The number of aryl methyl sites for hydroxylation is 1. The summed E-state index contributed by atoms with van der Waals surface area (Å²) in [6.07, 6.45) is 6.12. The highest BCUT2D eigenvalue weighted by Gasteiger charge is 2.23. The maximum atomic E-state index is 12.1. The van der Waals surface area contributed by atoms with E-state index in [-0.39, 0.29) is 18.4 Å². The molecule has 3 aromatic rings. The van der Waals surface area contributed by atoms with Crippen LogP contribution in [0.1, 0.15) is 34.7 Å². The summed E-state index contributed by atoms with van der Waals surface area (Å²) in [5, 5.41) is 8.80. The van der Waals surface area contributed by atoms with E-state index in [1.807, 2.05) is 60.8 Å². The molecule has 35 heavy (non-hydrogen) atoms. The van der Waals surface area contributed by atoms with Gasteiger partial charge in [-0.15, -0.1) is 11.3 Å². The highest BCUT2D eigenvalue weighted by molar-refractivity contribution is 7.09. The Hall–Kier alpha value is -3.65. The summed E-state index contributed by atoms with van der Waals surface area (Å²) >= 11 is 1.61. The third-order valence-electron chi connectivity index (χ3n) is 5.31. The predicted molar refractivity (Wildman–Crippen MR) is 136 cm³/mol. The smallest absolute Gasteiger partial charge is 0.258 e. The number of hydrogen-bond acceptors (Lipinski definition) is 6. The first-order chi connectivity index (χ1) is 17.0. The first-order valence-electron chi connectivity index (χ1n) is 11.6. The van der Waals surface area contributed by atoms with Gasteiger partial charge in [-0.3, -0.25) is 9.59 Å². The van der Waals surface area contributed by atoms with E-state index >= 15 is 0 Å². The second-order valence-corrected chi connectivity index (χ2v) is 9.43. The fourth-order valence-corrected chi connectivity index (χ4v) is 3.86. The Labute approximate surface area is 209 Å². The largest absolute Gasteiger partial charge is 0.487 e. The maximum Gasteiger partial charge on any atom is 0.258 e. The molecule has 4 rings (SSSR count). The van der Waals surface area contributed by atoms with Gasteiger partial charge in [0.2, 0.25) is 5.91 Å². The van der Waals surface area contributed by atoms with Gasteiger partial charge in [-0.25, -0.2) is 4.98 Å². The predicted octanol–water partition coefficient (Wildman–Crippen LogP) is 4.06. The Morgan fingerprint density at radius 2 is 1.77 bits per heavy atom. The van der Waals surface area contributed by atoms with Crippen molar-refractivity contribution in [2.24, 2.45) is 0 Å². The summed E-state index contributed by atoms with van der Waals surface area (Å²) in [6.45, 7) is 2.96. The van der Waals surface area contributed by atoms with Crippen molar-refractivity contribution >= 4 is 29.2 Å². The van der Waals surface area contributed by atoms with Crippen LogP contribution in [-0.4, -0.2) is 36.0 Å². The minimum absolute atomic E-state index is 0.0281. The van der Waals surface area contributed by atoms with Crippen LogP contribution in [0.3, 0.4) is 0 Å². The van der Waals surface area contributed by atoms with E-state index in [4.69, 9.17) is 9.47 Å². The average molecular weight is 492 g/mol. The van der Waals surface area contributed by atoms with Gasteiger partial charge in [-0.1, -0.05) is 24.3 Å². The Kier molecular flexibility index (Phi) is 8.51. The fourth-order valence-electron chi connectivity index (χ4n) is 3.27. The molecule has 2 N–H and O–H groups in total. The van der Waals surface area contributed by atoms with Crippen molar-refractivity contribution < 1.29 is 19.1 Å². The number of benzene rings is 2. The van der Waals surface area contributed by atoms with Crippen LogP contribution in [0.25, 0.3) is 6.08 Å². The van der Waals surface area contributed by atoms with Gasteiger partial charge in [0.15, 0.2) is 6.61 Å². The Morgan fingerprint density at radius 1 is 1.06 bits per heavy atom. The van der Waals surface area contributed by atoms with Crippen LogP contribution in [0.2, 0.25) is 0 Å². The summed E-state index contributed by atoms with van der Waals surface area (Å²) in [7, 11) is 0. The van der Waals surface area contributed by atoms with Crippen LogP contribution in [-0.2, 0) is 22.6 Å². The quantitative estimate of drug-likeness (QED) is 0.373. The molecule has 1 aromatic heterocycles. The summed E-state index contributed by atoms with van der Waals surface area (Å²) < 4.78 is 11.3. The molecule has 1 fully saturated rings. The van der Waals surface area contributed by atoms with Crippen LogP contribution >= 0.6 is 11.3 Å². The fraction of sp³-hybridized carbons (Fsp3) is 0.296. The molecule has 0 atom stereocenters. The molecule has 182 valence electrons. The molecule has 0 spiro atoms. The van der Waals surface area contributed by atoms with Crippen LogP contribution in [0, 0.1) is 6.92 Å². The number of amides is 2. The molecular formula is C27H29N3O4S. The number of aromatic nitrogens is 1. The second kappa shape index (κ2) is 12.2. The van der Waals surface area contributed by atoms with Gasteiger partial charge in [0.05, 0.1) is 10.7 Å². The van der Waals surface area contributed by atoms with Crippen LogP contribution in [0.4, 0.5) is 0 Å². The Morgan fingerprint density at radius 3 is 2.46 bits per heavy atom. The zero-order chi connectivity index (χ0) is 24.5. The number of nitrogens with one attached hydrogen (secondary N) is 2. The summed E-state index contributed by atoms with van der Waals surface area (Å²) in [5.74, 6) is 1.18. The number of nitrogens with zero attached hydrogens (tertiary/aromatic N) is 1. The summed E-state index contributed by atoms with van der Waals surface area (Å²) in [5.41, 5.74) is 2.91. The maximum absolute atomic E-state index is 12.1. The lowest BCUT2D eigenvalue weighted by atomic mass is 10.1. The number of thiazole rings is 1. The van der Waals surface area contributed by atoms with Crippen LogP contribution in [0.15, 0.2) is 60.0 Å². The van der Waals surface area contributed by atoms with Crippen LogP contribution < -0.4 is 20.1 Å². The Bertz CT molecular complexity index is 1150. The molecule has 0 aliphatic heterocycles. The normalized spacial score (nSPS) is 12.9. The van der Waals surface area contributed by atoms with Crippen molar-refractivity contribution in [2.75, 3.05) is 13.2 Å². The van der Waals surface area contributed by atoms with E-state index in [0.717, 1.165) is 40.4 Å². The highest BCUT2D eigenvalue weighted by Crippen LogP contribution is 2.19. The van der Waals surface area contributed by atoms with Gasteiger partial charge in [0.25, 0.3) is 5.91 Å². The monoisotopic (exact) mass is 491 g/mol. The van der Waals surface area contributed by atoms with Gasteiger partial charge < -0.3 is 20.1 Å². The third-order valence-corrected chi connectivity index (χ3v) is 6.13. The molecule has 1 aliphatic rings.